The molecule has 0 spiro atoms. The van der Waals surface area contributed by atoms with Crippen LogP contribution in [0, 0.1) is 0 Å². The second-order valence-corrected chi connectivity index (χ2v) is 5.73. The molecule has 4 N–H and O–H groups in total. The summed E-state index contributed by atoms with van der Waals surface area (Å²) >= 11 is 0. The molecule has 0 aliphatic heterocycles. The first-order valence-electron chi connectivity index (χ1n) is 8.02. The zero-order valence-electron chi connectivity index (χ0n) is 13.8. The van der Waals surface area contributed by atoms with Crippen molar-refractivity contribution in [3.05, 3.63) is 60.7 Å². The van der Waals surface area contributed by atoms with Crippen LogP contribution in [0.3, 0.4) is 0 Å². The fourth-order valence-electron chi connectivity index (χ4n) is 2.33. The first-order valence-corrected chi connectivity index (χ1v) is 8.02. The molecule has 128 valence electrons. The van der Waals surface area contributed by atoms with Crippen LogP contribution in [0.25, 0.3) is 11.3 Å². The molecule has 0 aliphatic rings. The van der Waals surface area contributed by atoms with Crippen molar-refractivity contribution in [3.63, 3.8) is 0 Å². The van der Waals surface area contributed by atoms with E-state index in [-0.39, 0.29) is 18.4 Å². The molecule has 0 saturated carbocycles. The van der Waals surface area contributed by atoms with E-state index >= 15 is 0 Å². The lowest BCUT2D eigenvalue weighted by Gasteiger charge is -2.14. The summed E-state index contributed by atoms with van der Waals surface area (Å²) in [7, 11) is 0. The summed E-state index contributed by atoms with van der Waals surface area (Å²) in [5.74, 6) is 1.19. The molecule has 0 fully saturated rings. The maximum Gasteiger partial charge on any atom is 0.225 e. The van der Waals surface area contributed by atoms with Crippen LogP contribution in [0.1, 0.15) is 6.92 Å². The van der Waals surface area contributed by atoms with Crippen molar-refractivity contribution in [3.8, 4) is 17.0 Å². The van der Waals surface area contributed by atoms with E-state index in [0.29, 0.717) is 11.8 Å². The molecule has 3 rings (SSSR count). The van der Waals surface area contributed by atoms with Crippen molar-refractivity contribution >= 4 is 17.5 Å². The number of hydrogen-bond donors (Lipinski definition) is 4. The van der Waals surface area contributed by atoms with Gasteiger partial charge in [-0.1, -0.05) is 36.4 Å². The Labute approximate surface area is 146 Å². The van der Waals surface area contributed by atoms with Crippen molar-refractivity contribution in [1.29, 1.82) is 0 Å². The van der Waals surface area contributed by atoms with Gasteiger partial charge in [0.15, 0.2) is 0 Å². The molecular weight excluding hydrogens is 316 g/mol. The van der Waals surface area contributed by atoms with Gasteiger partial charge in [0, 0.05) is 29.4 Å². The largest absolute Gasteiger partial charge is 0.508 e. The van der Waals surface area contributed by atoms with Crippen molar-refractivity contribution in [2.75, 3.05) is 17.2 Å². The number of rotatable bonds is 6. The first kappa shape index (κ1) is 16.7. The van der Waals surface area contributed by atoms with Crippen LogP contribution in [0.5, 0.6) is 5.75 Å². The molecule has 25 heavy (non-hydrogen) atoms. The van der Waals surface area contributed by atoms with Crippen LogP contribution in [0.2, 0.25) is 0 Å². The van der Waals surface area contributed by atoms with E-state index in [9.17, 15) is 10.2 Å². The van der Waals surface area contributed by atoms with Crippen LogP contribution < -0.4 is 10.6 Å². The molecule has 6 heteroatoms. The molecule has 0 saturated heterocycles. The van der Waals surface area contributed by atoms with Gasteiger partial charge in [-0.05, 0) is 19.1 Å². The number of phenolic OH excluding ortho intramolecular Hbond substituents is 1. The van der Waals surface area contributed by atoms with E-state index in [1.165, 1.54) is 0 Å². The number of benzene rings is 2. The zero-order chi connectivity index (χ0) is 17.6. The smallest absolute Gasteiger partial charge is 0.225 e. The van der Waals surface area contributed by atoms with E-state index in [4.69, 9.17) is 0 Å². The fraction of sp³-hybridized carbons (Fsp3) is 0.158. The SMILES string of the molecule is C[C@@H](CO)Nc1nc(Nc2cccc(O)c2)cc(-c2ccccc2)n1. The molecule has 0 bridgehead atoms. The number of nitrogens with one attached hydrogen (secondary N) is 2. The van der Waals surface area contributed by atoms with Crippen molar-refractivity contribution < 1.29 is 10.2 Å². The van der Waals surface area contributed by atoms with Gasteiger partial charge in [-0.2, -0.15) is 4.98 Å². The maximum atomic E-state index is 9.62. The second-order valence-electron chi connectivity index (χ2n) is 5.73. The highest BCUT2D eigenvalue weighted by molar-refractivity contribution is 5.67. The van der Waals surface area contributed by atoms with Gasteiger partial charge in [-0.25, -0.2) is 4.98 Å². The lowest BCUT2D eigenvalue weighted by atomic mass is 10.1. The molecule has 2 aromatic carbocycles. The molecule has 0 radical (unpaired) electrons. The molecule has 3 aromatic rings. The highest BCUT2D eigenvalue weighted by Crippen LogP contribution is 2.25. The average molecular weight is 336 g/mol. The maximum absolute atomic E-state index is 9.62. The predicted octanol–water partition coefficient (Wildman–Crippen LogP) is 3.39. The van der Waals surface area contributed by atoms with E-state index in [2.05, 4.69) is 20.6 Å². The zero-order valence-corrected chi connectivity index (χ0v) is 13.8. The Bertz CT molecular complexity index is 840. The number of nitrogens with zero attached hydrogens (tertiary/aromatic N) is 2. The lowest BCUT2D eigenvalue weighted by molar-refractivity contribution is 0.281. The molecule has 1 heterocycles. The summed E-state index contributed by atoms with van der Waals surface area (Å²) in [6, 6.07) is 18.3. The van der Waals surface area contributed by atoms with Gasteiger partial charge in [0.2, 0.25) is 5.95 Å². The Morgan fingerprint density at radius 3 is 2.52 bits per heavy atom. The Morgan fingerprint density at radius 1 is 1.00 bits per heavy atom. The first-order chi connectivity index (χ1) is 12.1. The van der Waals surface area contributed by atoms with Gasteiger partial charge < -0.3 is 20.8 Å². The highest BCUT2D eigenvalue weighted by Gasteiger charge is 2.09. The van der Waals surface area contributed by atoms with Crippen LogP contribution >= 0.6 is 0 Å². The van der Waals surface area contributed by atoms with Gasteiger partial charge >= 0.3 is 0 Å². The summed E-state index contributed by atoms with van der Waals surface area (Å²) in [6.07, 6.45) is 0. The van der Waals surface area contributed by atoms with Gasteiger partial charge in [-0.15, -0.1) is 0 Å². The molecule has 0 amide bonds. The summed E-state index contributed by atoms with van der Waals surface area (Å²) in [5.41, 5.74) is 2.44. The van der Waals surface area contributed by atoms with E-state index in [1.807, 2.05) is 49.4 Å². The van der Waals surface area contributed by atoms with Crippen LogP contribution in [-0.4, -0.2) is 32.8 Å². The standard InChI is InChI=1S/C19H20N4O2/c1-13(12-24)20-19-22-17(14-6-3-2-4-7-14)11-18(23-19)21-15-8-5-9-16(25)10-15/h2-11,13,24-25H,12H2,1H3,(H2,20,21,22,23)/t13-/m0/s1. The summed E-state index contributed by atoms with van der Waals surface area (Å²) in [6.45, 7) is 1.83. The van der Waals surface area contributed by atoms with Gasteiger partial charge in [-0.3, -0.25) is 0 Å². The van der Waals surface area contributed by atoms with E-state index in [1.54, 1.807) is 18.2 Å². The number of aliphatic hydroxyl groups is 1. The lowest BCUT2D eigenvalue weighted by Crippen LogP contribution is -2.21. The third kappa shape index (κ3) is 4.45. The third-order valence-electron chi connectivity index (χ3n) is 3.56. The summed E-state index contributed by atoms with van der Waals surface area (Å²) < 4.78 is 0. The minimum Gasteiger partial charge on any atom is -0.508 e. The number of aromatic nitrogens is 2. The van der Waals surface area contributed by atoms with Crippen molar-refractivity contribution in [2.45, 2.75) is 13.0 Å². The number of aliphatic hydroxyl groups excluding tert-OH is 1. The summed E-state index contributed by atoms with van der Waals surface area (Å²) in [5, 5.41) is 25.1. The van der Waals surface area contributed by atoms with Crippen molar-refractivity contribution in [2.24, 2.45) is 0 Å². The summed E-state index contributed by atoms with van der Waals surface area (Å²) in [4.78, 5) is 8.97. The number of aromatic hydroxyl groups is 1. The topological polar surface area (TPSA) is 90.3 Å². The Kier molecular flexibility index (Phi) is 5.11. The van der Waals surface area contributed by atoms with Crippen LogP contribution in [0.15, 0.2) is 60.7 Å². The number of hydrogen-bond acceptors (Lipinski definition) is 6. The second kappa shape index (κ2) is 7.63. The fourth-order valence-corrected chi connectivity index (χ4v) is 2.33. The quantitative estimate of drug-likeness (QED) is 0.552. The highest BCUT2D eigenvalue weighted by atomic mass is 16.3. The van der Waals surface area contributed by atoms with Crippen molar-refractivity contribution in [1.82, 2.24) is 9.97 Å². The minimum absolute atomic E-state index is 0.0196. The van der Waals surface area contributed by atoms with Crippen LogP contribution in [-0.2, 0) is 0 Å². The molecule has 0 unspecified atom stereocenters. The molecule has 1 atom stereocenters. The molecule has 1 aromatic heterocycles. The predicted molar refractivity (Wildman–Crippen MR) is 99.0 cm³/mol. The molecule has 6 nitrogen and oxygen atoms in total. The molecular formula is C19H20N4O2. The number of phenols is 1. The van der Waals surface area contributed by atoms with Gasteiger partial charge in [0.25, 0.3) is 0 Å². The Morgan fingerprint density at radius 2 is 1.80 bits per heavy atom. The normalized spacial score (nSPS) is 11.8. The minimum atomic E-state index is -0.167. The monoisotopic (exact) mass is 336 g/mol. The van der Waals surface area contributed by atoms with Gasteiger partial charge in [0.1, 0.15) is 11.6 Å². The van der Waals surface area contributed by atoms with E-state index < -0.39 is 0 Å². The van der Waals surface area contributed by atoms with Crippen LogP contribution in [0.4, 0.5) is 17.5 Å². The number of anilines is 3. The van der Waals surface area contributed by atoms with E-state index in [0.717, 1.165) is 16.9 Å². The Balaban J connectivity index is 1.97. The third-order valence-corrected chi connectivity index (χ3v) is 3.56. The van der Waals surface area contributed by atoms with Gasteiger partial charge in [0.05, 0.1) is 12.3 Å². The Hall–Kier alpha value is -3.12. The average Bonchev–Trinajstić information content (AvgIpc) is 2.62. The molecule has 0 aliphatic carbocycles.